The smallest absolute Gasteiger partial charge is 0.251 e. The molecule has 0 saturated heterocycles. The van der Waals surface area contributed by atoms with Crippen LogP contribution in [0.4, 0.5) is 0 Å². The van der Waals surface area contributed by atoms with E-state index in [-0.39, 0.29) is 5.91 Å². The zero-order chi connectivity index (χ0) is 16.4. The molecular weight excluding hydrogens is 298 g/mol. The van der Waals surface area contributed by atoms with Crippen LogP contribution >= 0.6 is 0 Å². The molecule has 0 unspecified atom stereocenters. The fourth-order valence-corrected chi connectivity index (χ4v) is 4.73. The fraction of sp³-hybridized carbons (Fsp3) is 0.250. The highest BCUT2D eigenvalue weighted by atomic mass is 28.3. The molecule has 3 heteroatoms. The van der Waals surface area contributed by atoms with Gasteiger partial charge in [0, 0.05) is 12.1 Å². The summed E-state index contributed by atoms with van der Waals surface area (Å²) in [5.74, 6) is 0.0196. The van der Waals surface area contributed by atoms with E-state index in [9.17, 15) is 4.79 Å². The van der Waals surface area contributed by atoms with Crippen LogP contribution in [0.25, 0.3) is 11.3 Å². The molecule has 0 atom stereocenters. The van der Waals surface area contributed by atoms with Gasteiger partial charge in [0.25, 0.3) is 5.91 Å². The van der Waals surface area contributed by atoms with E-state index in [1.54, 1.807) is 0 Å². The summed E-state index contributed by atoms with van der Waals surface area (Å²) >= 11 is 0. The quantitative estimate of drug-likeness (QED) is 0.775. The van der Waals surface area contributed by atoms with Crippen LogP contribution in [0.15, 0.2) is 48.5 Å². The number of rotatable bonds is 1. The molecule has 2 aromatic carbocycles. The average molecular weight is 321 g/mol. The Labute approximate surface area is 139 Å². The van der Waals surface area contributed by atoms with E-state index >= 15 is 0 Å². The zero-order valence-corrected chi connectivity index (χ0v) is 15.0. The molecule has 0 bridgehead atoms. The molecule has 2 nitrogen and oxygen atoms in total. The van der Waals surface area contributed by atoms with E-state index in [2.05, 4.69) is 55.3 Å². The first-order valence-corrected chi connectivity index (χ1v) is 11.6. The molecular formula is C20H23NOSi. The molecule has 118 valence electrons. The fourth-order valence-electron chi connectivity index (χ4n) is 3.09. The second kappa shape index (κ2) is 6.17. The first-order chi connectivity index (χ1) is 11.0. The molecule has 0 spiro atoms. The lowest BCUT2D eigenvalue weighted by molar-refractivity contribution is 0.0954. The summed E-state index contributed by atoms with van der Waals surface area (Å²) in [4.78, 5) is 12.5. The van der Waals surface area contributed by atoms with Gasteiger partial charge in [0.2, 0.25) is 0 Å². The highest BCUT2D eigenvalue weighted by Crippen LogP contribution is 2.32. The van der Waals surface area contributed by atoms with Crippen molar-refractivity contribution in [1.29, 1.82) is 0 Å². The van der Waals surface area contributed by atoms with Gasteiger partial charge in [0.1, 0.15) is 0 Å². The van der Waals surface area contributed by atoms with Gasteiger partial charge < -0.3 is 5.32 Å². The second-order valence-electron chi connectivity index (χ2n) is 7.06. The van der Waals surface area contributed by atoms with Crippen molar-refractivity contribution in [3.05, 3.63) is 70.8 Å². The number of carbonyl (C=O) groups excluding carboxylic acids is 1. The molecule has 1 aliphatic heterocycles. The maximum Gasteiger partial charge on any atom is 0.251 e. The minimum Gasteiger partial charge on any atom is -0.352 e. The number of fused-ring (bicyclic) bond motifs is 2. The number of hydrogen-bond acceptors (Lipinski definition) is 1. The largest absolute Gasteiger partial charge is 0.352 e. The topological polar surface area (TPSA) is 29.1 Å². The van der Waals surface area contributed by atoms with E-state index in [0.29, 0.717) is 6.54 Å². The van der Waals surface area contributed by atoms with Gasteiger partial charge in [-0.05, 0) is 29.2 Å². The number of carbonyl (C=O) groups is 1. The normalized spacial score (nSPS) is 17.3. The van der Waals surface area contributed by atoms with Crippen molar-refractivity contribution in [2.45, 2.75) is 26.1 Å². The van der Waals surface area contributed by atoms with Gasteiger partial charge in [0.15, 0.2) is 0 Å². The van der Waals surface area contributed by atoms with Crippen molar-refractivity contribution in [1.82, 2.24) is 5.32 Å². The van der Waals surface area contributed by atoms with Gasteiger partial charge in [-0.1, -0.05) is 73.4 Å². The summed E-state index contributed by atoms with van der Waals surface area (Å²) in [6.45, 7) is 7.77. The summed E-state index contributed by atoms with van der Waals surface area (Å²) < 4.78 is 0. The lowest BCUT2D eigenvalue weighted by Gasteiger charge is -2.25. The lowest BCUT2D eigenvalue weighted by atomic mass is 9.99. The predicted octanol–water partition coefficient (Wildman–Crippen LogP) is 4.39. The third kappa shape index (κ3) is 3.30. The van der Waals surface area contributed by atoms with Crippen molar-refractivity contribution < 1.29 is 4.79 Å². The molecule has 0 radical (unpaired) electrons. The van der Waals surface area contributed by atoms with Crippen molar-refractivity contribution >= 4 is 25.3 Å². The number of amides is 1. The van der Waals surface area contributed by atoms with E-state index in [1.165, 1.54) is 16.3 Å². The maximum atomic E-state index is 12.5. The van der Waals surface area contributed by atoms with Crippen LogP contribution in [0.1, 0.15) is 27.0 Å². The first kappa shape index (κ1) is 15.8. The molecule has 0 fully saturated rings. The van der Waals surface area contributed by atoms with E-state index in [1.807, 2.05) is 24.3 Å². The lowest BCUT2D eigenvalue weighted by Crippen LogP contribution is -2.29. The van der Waals surface area contributed by atoms with Crippen molar-refractivity contribution in [2.24, 2.45) is 0 Å². The maximum absolute atomic E-state index is 12.5. The van der Waals surface area contributed by atoms with Crippen molar-refractivity contribution in [3.8, 4) is 0 Å². The van der Waals surface area contributed by atoms with Gasteiger partial charge in [-0.25, -0.2) is 0 Å². The Morgan fingerprint density at radius 1 is 0.913 bits per heavy atom. The van der Waals surface area contributed by atoms with Gasteiger partial charge >= 0.3 is 0 Å². The third-order valence-electron chi connectivity index (χ3n) is 4.30. The van der Waals surface area contributed by atoms with Gasteiger partial charge in [-0.2, -0.15) is 0 Å². The summed E-state index contributed by atoms with van der Waals surface area (Å²) in [6, 6.07) is 16.5. The highest BCUT2D eigenvalue weighted by molar-refractivity contribution is 6.94. The van der Waals surface area contributed by atoms with Crippen LogP contribution in [0, 0.1) is 0 Å². The molecule has 1 amide bonds. The molecule has 1 aliphatic rings. The number of benzene rings is 2. The highest BCUT2D eigenvalue weighted by Gasteiger charge is 2.24. The molecule has 3 rings (SSSR count). The van der Waals surface area contributed by atoms with Crippen molar-refractivity contribution in [2.75, 3.05) is 6.54 Å². The molecule has 1 heterocycles. The summed E-state index contributed by atoms with van der Waals surface area (Å²) in [5, 5.41) is 4.46. The van der Waals surface area contributed by atoms with E-state index in [4.69, 9.17) is 0 Å². The van der Waals surface area contributed by atoms with Crippen LogP contribution in [0.5, 0.6) is 0 Å². The molecule has 0 aromatic heterocycles. The van der Waals surface area contributed by atoms with Gasteiger partial charge in [-0.3, -0.25) is 4.79 Å². The molecule has 2 aromatic rings. The minimum absolute atomic E-state index is 0.0196. The standard InChI is InChI=1S/C20H23NOSi/c1-23(2,3)19-14-16-9-5-7-11-18(16)20(22)21-13-12-15-8-4-6-10-17(15)19/h4-11,14H,12-13H2,1-3H3,(H,21,22)/b19-14+. The zero-order valence-electron chi connectivity index (χ0n) is 14.0. The Balaban J connectivity index is 2.28. The molecule has 0 aliphatic carbocycles. The van der Waals surface area contributed by atoms with Gasteiger partial charge in [0.05, 0.1) is 8.07 Å². The van der Waals surface area contributed by atoms with Crippen LogP contribution in [0.3, 0.4) is 0 Å². The Morgan fingerprint density at radius 3 is 2.30 bits per heavy atom. The predicted molar refractivity (Wildman–Crippen MR) is 100 cm³/mol. The second-order valence-corrected chi connectivity index (χ2v) is 12.1. The SMILES string of the molecule is C[Si](C)(C)/C1=C/c2ccccc2C(=O)NCCc2ccccc21. The molecule has 0 saturated carbocycles. The Kier molecular flexibility index (Phi) is 4.22. The summed E-state index contributed by atoms with van der Waals surface area (Å²) in [6.07, 6.45) is 3.11. The Bertz CT molecular complexity index is 771. The van der Waals surface area contributed by atoms with E-state index < -0.39 is 8.07 Å². The summed E-state index contributed by atoms with van der Waals surface area (Å²) in [7, 11) is -1.56. The van der Waals surface area contributed by atoms with E-state index in [0.717, 1.165) is 17.5 Å². The third-order valence-corrected chi connectivity index (χ3v) is 6.33. The monoisotopic (exact) mass is 321 g/mol. The number of nitrogens with one attached hydrogen (secondary N) is 1. The van der Waals surface area contributed by atoms with Crippen molar-refractivity contribution in [3.63, 3.8) is 0 Å². The van der Waals surface area contributed by atoms with Gasteiger partial charge in [-0.15, -0.1) is 0 Å². The first-order valence-electron chi connectivity index (χ1n) is 8.14. The average Bonchev–Trinajstić information content (AvgIpc) is 2.52. The minimum atomic E-state index is -1.56. The van der Waals surface area contributed by atoms with Crippen LogP contribution in [0.2, 0.25) is 19.6 Å². The number of hydrogen-bond donors (Lipinski definition) is 1. The molecule has 23 heavy (non-hydrogen) atoms. The van der Waals surface area contributed by atoms with Crippen LogP contribution in [-0.4, -0.2) is 20.5 Å². The van der Waals surface area contributed by atoms with Crippen LogP contribution < -0.4 is 5.32 Å². The Morgan fingerprint density at radius 2 is 1.57 bits per heavy atom. The van der Waals surface area contributed by atoms with Crippen LogP contribution in [-0.2, 0) is 6.42 Å². The summed E-state index contributed by atoms with van der Waals surface area (Å²) in [5.41, 5.74) is 4.44. The Hall–Kier alpha value is -2.13. The molecule has 1 N–H and O–H groups in total.